The zero-order chi connectivity index (χ0) is 12.1. The maximum atomic E-state index is 11.9. The fourth-order valence-electron chi connectivity index (χ4n) is 1.50. The molecule has 4 heteroatoms. The number of aryl methyl sites for hydroxylation is 1. The second-order valence-electron chi connectivity index (χ2n) is 3.73. The Morgan fingerprint density at radius 1 is 1.11 bits per heavy atom. The van der Waals surface area contributed by atoms with Crippen molar-refractivity contribution in [3.63, 3.8) is 0 Å². The Balaban J connectivity index is 0.00000162. The third-order valence-corrected chi connectivity index (χ3v) is 3.58. The summed E-state index contributed by atoms with van der Waals surface area (Å²) >= 11 is 1.56. The average molecular weight is 324 g/mol. The van der Waals surface area contributed by atoms with Crippen LogP contribution in [0.4, 0.5) is 0 Å². The van der Waals surface area contributed by atoms with Crippen molar-refractivity contribution in [1.82, 2.24) is 0 Å². The molecule has 0 aliphatic heterocycles. The minimum absolute atomic E-state index is 0. The molecule has 0 unspecified atom stereocenters. The monoisotopic (exact) mass is 323 g/mol. The van der Waals surface area contributed by atoms with Gasteiger partial charge in [-0.25, -0.2) is 0 Å². The maximum absolute atomic E-state index is 11.9. The first-order valence-electron chi connectivity index (χ1n) is 5.43. The number of ketones is 1. The zero-order valence-corrected chi connectivity index (χ0v) is 12.4. The van der Waals surface area contributed by atoms with Crippen LogP contribution in [-0.4, -0.2) is 11.5 Å². The highest BCUT2D eigenvalue weighted by Crippen LogP contribution is 2.14. The quantitative estimate of drug-likeness (QED) is 0.429. The highest BCUT2D eigenvalue weighted by atomic mass is 79.9. The molecule has 0 amide bonds. The zero-order valence-electron chi connectivity index (χ0n) is 10.0. The molecular weight excluding hydrogens is 310 g/mol. The van der Waals surface area contributed by atoms with Crippen LogP contribution < -0.4 is 21.5 Å². The molecule has 0 fully saturated rings. The SMILES string of the molecule is C[n+]1ccccc1SCC(=O)c1ccccc1.[Br-]. The molecule has 2 aromatic rings. The standard InChI is InChI=1S/C14H14NOS.BrH/c1-15-10-6-5-9-14(15)17-11-13(16)12-7-3-2-4-8-12;/h2-10H,11H2,1H3;1H/q+1;/p-1. The van der Waals surface area contributed by atoms with Crippen LogP contribution in [0.1, 0.15) is 10.4 Å². The van der Waals surface area contributed by atoms with Crippen molar-refractivity contribution in [2.45, 2.75) is 5.03 Å². The summed E-state index contributed by atoms with van der Waals surface area (Å²) in [6.45, 7) is 0. The van der Waals surface area contributed by atoms with E-state index in [0.717, 1.165) is 10.6 Å². The summed E-state index contributed by atoms with van der Waals surface area (Å²) in [5.74, 6) is 0.640. The van der Waals surface area contributed by atoms with Gasteiger partial charge in [0, 0.05) is 17.7 Å². The number of nitrogens with zero attached hydrogens (tertiary/aromatic N) is 1. The molecule has 1 aromatic carbocycles. The van der Waals surface area contributed by atoms with Crippen molar-refractivity contribution in [3.8, 4) is 0 Å². The first-order chi connectivity index (χ1) is 8.27. The van der Waals surface area contributed by atoms with Crippen LogP contribution in [0.5, 0.6) is 0 Å². The van der Waals surface area contributed by atoms with E-state index in [-0.39, 0.29) is 22.8 Å². The summed E-state index contributed by atoms with van der Waals surface area (Å²) in [4.78, 5) is 11.9. The minimum atomic E-state index is 0. The van der Waals surface area contributed by atoms with Crippen LogP contribution in [0.15, 0.2) is 59.8 Å². The number of pyridine rings is 1. The molecule has 0 radical (unpaired) electrons. The fraction of sp³-hybridized carbons (Fsp3) is 0.143. The number of rotatable bonds is 4. The number of thioether (sulfide) groups is 1. The van der Waals surface area contributed by atoms with Gasteiger partial charge in [-0.05, 0) is 17.8 Å². The highest BCUT2D eigenvalue weighted by molar-refractivity contribution is 7.99. The van der Waals surface area contributed by atoms with Crippen molar-refractivity contribution < 1.29 is 26.3 Å². The molecule has 0 N–H and O–H groups in total. The lowest BCUT2D eigenvalue weighted by Gasteiger charge is -2.00. The number of hydrogen-bond acceptors (Lipinski definition) is 2. The molecule has 0 aliphatic carbocycles. The maximum Gasteiger partial charge on any atom is 0.240 e. The lowest BCUT2D eigenvalue weighted by Crippen LogP contribution is -3.00. The Morgan fingerprint density at radius 2 is 1.78 bits per heavy atom. The number of carbonyl (C=O) groups is 1. The Hall–Kier alpha value is -1.13. The van der Waals surface area contributed by atoms with Crippen molar-refractivity contribution in [1.29, 1.82) is 0 Å². The van der Waals surface area contributed by atoms with Gasteiger partial charge in [0.2, 0.25) is 5.03 Å². The molecule has 1 heterocycles. The summed E-state index contributed by atoms with van der Waals surface area (Å²) in [6.07, 6.45) is 1.98. The van der Waals surface area contributed by atoms with Crippen molar-refractivity contribution in [2.75, 3.05) is 5.75 Å². The molecule has 0 atom stereocenters. The van der Waals surface area contributed by atoms with Crippen LogP contribution in [0.25, 0.3) is 0 Å². The lowest BCUT2D eigenvalue weighted by atomic mass is 10.2. The van der Waals surface area contributed by atoms with Crippen molar-refractivity contribution >= 4 is 17.5 Å². The molecule has 94 valence electrons. The topological polar surface area (TPSA) is 20.9 Å². The molecule has 18 heavy (non-hydrogen) atoms. The number of carbonyl (C=O) groups excluding carboxylic acids is 1. The summed E-state index contributed by atoms with van der Waals surface area (Å²) in [5.41, 5.74) is 0.776. The molecular formula is C14H14BrNOS. The number of benzene rings is 1. The van der Waals surface area contributed by atoms with Crippen molar-refractivity contribution in [2.24, 2.45) is 7.05 Å². The van der Waals surface area contributed by atoms with Crippen LogP contribution in [0.3, 0.4) is 0 Å². The van der Waals surface area contributed by atoms with Gasteiger partial charge in [0.25, 0.3) is 0 Å². The van der Waals surface area contributed by atoms with Gasteiger partial charge in [-0.15, -0.1) is 0 Å². The number of hydrogen-bond donors (Lipinski definition) is 0. The van der Waals surface area contributed by atoms with E-state index in [1.165, 1.54) is 0 Å². The summed E-state index contributed by atoms with van der Waals surface area (Å²) in [5, 5.41) is 1.09. The van der Waals surface area contributed by atoms with E-state index < -0.39 is 0 Å². The molecule has 0 aliphatic rings. The largest absolute Gasteiger partial charge is 1.00 e. The Labute approximate surface area is 122 Å². The molecule has 1 aromatic heterocycles. The first-order valence-corrected chi connectivity index (χ1v) is 6.41. The van der Waals surface area contributed by atoms with Gasteiger partial charge >= 0.3 is 0 Å². The summed E-state index contributed by atoms with van der Waals surface area (Å²) in [6, 6.07) is 15.4. The molecule has 0 saturated heterocycles. The smallest absolute Gasteiger partial charge is 0.240 e. The minimum Gasteiger partial charge on any atom is -1.00 e. The van der Waals surface area contributed by atoms with Gasteiger partial charge in [0.1, 0.15) is 7.05 Å². The van der Waals surface area contributed by atoms with Gasteiger partial charge in [-0.3, -0.25) is 4.79 Å². The van der Waals surface area contributed by atoms with E-state index in [1.54, 1.807) is 11.8 Å². The van der Waals surface area contributed by atoms with Crippen LogP contribution in [0, 0.1) is 0 Å². The third kappa shape index (κ3) is 3.96. The fourth-order valence-corrected chi connectivity index (χ4v) is 2.39. The number of aromatic nitrogens is 1. The van der Waals surface area contributed by atoms with Crippen LogP contribution in [-0.2, 0) is 7.05 Å². The van der Waals surface area contributed by atoms with E-state index in [2.05, 4.69) is 0 Å². The molecule has 0 bridgehead atoms. The van der Waals surface area contributed by atoms with Gasteiger partial charge in [0.15, 0.2) is 12.0 Å². The Kier molecular flexibility index (Phi) is 6.09. The van der Waals surface area contributed by atoms with Gasteiger partial charge in [0.05, 0.1) is 5.75 Å². The van der Waals surface area contributed by atoms with Gasteiger partial charge in [-0.1, -0.05) is 30.3 Å². The van der Waals surface area contributed by atoms with E-state index >= 15 is 0 Å². The molecule has 2 nitrogen and oxygen atoms in total. The predicted molar refractivity (Wildman–Crippen MR) is 69.1 cm³/mol. The third-order valence-electron chi connectivity index (χ3n) is 2.45. The van der Waals surface area contributed by atoms with Crippen molar-refractivity contribution in [3.05, 3.63) is 60.3 Å². The second kappa shape index (κ2) is 7.34. The first kappa shape index (κ1) is 14.9. The molecule has 0 saturated carbocycles. The van der Waals surface area contributed by atoms with Crippen LogP contribution >= 0.6 is 11.8 Å². The normalized spacial score (nSPS) is 9.61. The molecule has 2 rings (SSSR count). The van der Waals surface area contributed by atoms with E-state index in [0.29, 0.717) is 5.75 Å². The molecule has 0 spiro atoms. The summed E-state index contributed by atoms with van der Waals surface area (Å²) < 4.78 is 2.02. The lowest BCUT2D eigenvalue weighted by molar-refractivity contribution is -0.708. The predicted octanol–water partition coefficient (Wildman–Crippen LogP) is -0.510. The van der Waals surface area contributed by atoms with Gasteiger partial charge in [-0.2, -0.15) is 4.57 Å². The van der Waals surface area contributed by atoms with E-state index in [1.807, 2.05) is 66.3 Å². The Morgan fingerprint density at radius 3 is 2.44 bits per heavy atom. The second-order valence-corrected chi connectivity index (χ2v) is 4.72. The average Bonchev–Trinajstić information content (AvgIpc) is 2.38. The van der Waals surface area contributed by atoms with Crippen LogP contribution in [0.2, 0.25) is 0 Å². The highest BCUT2D eigenvalue weighted by Gasteiger charge is 2.10. The van der Waals surface area contributed by atoms with Gasteiger partial charge < -0.3 is 17.0 Å². The number of halogens is 1. The van der Waals surface area contributed by atoms with E-state index in [9.17, 15) is 4.79 Å². The van der Waals surface area contributed by atoms with E-state index in [4.69, 9.17) is 0 Å². The number of Topliss-reactive ketones (excluding diaryl/α,β-unsaturated/α-hetero) is 1. The Bertz CT molecular complexity index is 516. The summed E-state index contributed by atoms with van der Waals surface area (Å²) in [7, 11) is 1.98.